The van der Waals surface area contributed by atoms with E-state index >= 15 is 0 Å². The number of carbonyl (C=O) groups excluding carboxylic acids is 2. The molecule has 4 aliphatic carbocycles. The molecule has 0 aromatic heterocycles. The summed E-state index contributed by atoms with van der Waals surface area (Å²) in [5, 5.41) is 0. The molecule has 7 atom stereocenters. The first kappa shape index (κ1) is 17.4. The third-order valence-electron chi connectivity index (χ3n) is 8.38. The van der Waals surface area contributed by atoms with Crippen molar-refractivity contribution in [3.8, 4) is 0 Å². The first-order chi connectivity index (χ1) is 11.3. The lowest BCUT2D eigenvalue weighted by atomic mass is 9.52. The monoisotopic (exact) mass is 444 g/mol. The Morgan fingerprint density at radius 1 is 1.12 bits per heavy atom. The lowest BCUT2D eigenvalue weighted by molar-refractivity contribution is -0.146. The Bertz CT molecular complexity index is 585. The molecule has 4 rings (SSSR count). The largest absolute Gasteiger partial charge is 0.381 e. The van der Waals surface area contributed by atoms with Crippen LogP contribution in [0, 0.1) is 28.6 Å². The number of carbonyl (C=O) groups is 2. The second-order valence-electron chi connectivity index (χ2n) is 9.20. The summed E-state index contributed by atoms with van der Waals surface area (Å²) in [6.07, 6.45) is 7.73. The van der Waals surface area contributed by atoms with E-state index in [1.807, 2.05) is 7.11 Å². The molecule has 0 bridgehead atoms. The standard InChI is InChI=1S/C20H29IO3/c1-18-8-6-12-11-20(12,18)17(24-3)10-13-14(18)7-9-19(2,21)16(23)5-4-15(13)22/h12-14,17H,4-11H2,1-3H3/t12-,13-,14+,17-,18-,19+,20+/m1/s1. The van der Waals surface area contributed by atoms with E-state index in [1.165, 1.54) is 19.3 Å². The second kappa shape index (κ2) is 5.51. The molecule has 0 N–H and O–H groups in total. The van der Waals surface area contributed by atoms with E-state index in [0.29, 0.717) is 30.0 Å². The Morgan fingerprint density at radius 2 is 1.88 bits per heavy atom. The van der Waals surface area contributed by atoms with Gasteiger partial charge >= 0.3 is 0 Å². The van der Waals surface area contributed by atoms with Crippen LogP contribution in [0.4, 0.5) is 0 Å². The molecule has 0 unspecified atom stereocenters. The van der Waals surface area contributed by atoms with Gasteiger partial charge in [-0.1, -0.05) is 29.5 Å². The van der Waals surface area contributed by atoms with E-state index in [-0.39, 0.29) is 26.6 Å². The van der Waals surface area contributed by atoms with Gasteiger partial charge in [0.1, 0.15) is 11.6 Å². The molecule has 4 aliphatic rings. The maximum absolute atomic E-state index is 13.0. The van der Waals surface area contributed by atoms with Gasteiger partial charge in [0.2, 0.25) is 0 Å². The average molecular weight is 444 g/mol. The van der Waals surface area contributed by atoms with Crippen LogP contribution in [0.3, 0.4) is 0 Å². The summed E-state index contributed by atoms with van der Waals surface area (Å²) in [6, 6.07) is 0. The van der Waals surface area contributed by atoms with Gasteiger partial charge in [0.25, 0.3) is 0 Å². The summed E-state index contributed by atoms with van der Waals surface area (Å²) in [5.74, 6) is 1.93. The number of alkyl halides is 1. The number of methoxy groups -OCH3 is 1. The van der Waals surface area contributed by atoms with Gasteiger partial charge in [0, 0.05) is 31.3 Å². The number of fused-ring (bicyclic) bond motifs is 2. The van der Waals surface area contributed by atoms with Gasteiger partial charge in [-0.05, 0) is 62.7 Å². The van der Waals surface area contributed by atoms with Gasteiger partial charge in [-0.3, -0.25) is 9.59 Å². The Labute approximate surface area is 158 Å². The fourth-order valence-electron chi connectivity index (χ4n) is 6.89. The van der Waals surface area contributed by atoms with E-state index in [0.717, 1.165) is 25.2 Å². The van der Waals surface area contributed by atoms with Gasteiger partial charge in [-0.25, -0.2) is 0 Å². The molecule has 0 aromatic rings. The summed E-state index contributed by atoms with van der Waals surface area (Å²) in [7, 11) is 1.83. The van der Waals surface area contributed by atoms with Crippen molar-refractivity contribution in [1.29, 1.82) is 0 Å². The van der Waals surface area contributed by atoms with Crippen LogP contribution in [-0.2, 0) is 14.3 Å². The van der Waals surface area contributed by atoms with Crippen molar-refractivity contribution in [1.82, 2.24) is 0 Å². The SMILES string of the molecule is CO[C@@H]1C[C@H]2C(=O)CCC(=O)[C@@](C)(I)CC[C@@H]2[C@@]2(C)CC[C@@H]3C[C@]312. The highest BCUT2D eigenvalue weighted by molar-refractivity contribution is 14.1. The Kier molecular flexibility index (Phi) is 4.01. The molecule has 3 nitrogen and oxygen atoms in total. The van der Waals surface area contributed by atoms with Crippen molar-refractivity contribution in [3.05, 3.63) is 0 Å². The van der Waals surface area contributed by atoms with Crippen LogP contribution < -0.4 is 0 Å². The second-order valence-corrected chi connectivity index (χ2v) is 11.6. The van der Waals surface area contributed by atoms with Crippen LogP contribution >= 0.6 is 22.6 Å². The minimum absolute atomic E-state index is 0.100. The van der Waals surface area contributed by atoms with Crippen molar-refractivity contribution >= 4 is 34.2 Å². The number of halogens is 1. The molecular weight excluding hydrogens is 415 g/mol. The van der Waals surface area contributed by atoms with Gasteiger partial charge in [-0.15, -0.1) is 0 Å². The van der Waals surface area contributed by atoms with Gasteiger partial charge < -0.3 is 4.74 Å². The van der Waals surface area contributed by atoms with Gasteiger partial charge in [0.05, 0.1) is 9.53 Å². The maximum atomic E-state index is 13.0. The third kappa shape index (κ3) is 2.17. The first-order valence-corrected chi connectivity index (χ1v) is 10.6. The molecule has 0 radical (unpaired) electrons. The summed E-state index contributed by atoms with van der Waals surface area (Å²) in [4.78, 5) is 25.5. The topological polar surface area (TPSA) is 43.4 Å². The third-order valence-corrected chi connectivity index (χ3v) is 9.52. The summed E-state index contributed by atoms with van der Waals surface area (Å²) in [6.45, 7) is 4.51. The highest BCUT2D eigenvalue weighted by Crippen LogP contribution is 2.80. The highest BCUT2D eigenvalue weighted by Gasteiger charge is 2.76. The van der Waals surface area contributed by atoms with Crippen LogP contribution in [0.15, 0.2) is 0 Å². The molecule has 0 saturated heterocycles. The molecule has 4 saturated carbocycles. The molecule has 0 aliphatic heterocycles. The molecule has 0 heterocycles. The normalized spacial score (nSPS) is 54.2. The van der Waals surface area contributed by atoms with E-state index in [2.05, 4.69) is 36.4 Å². The number of Topliss-reactive ketones (excluding diaryl/α,β-unsaturated/α-hetero) is 2. The lowest BCUT2D eigenvalue weighted by Crippen LogP contribution is -2.53. The molecule has 4 heteroatoms. The summed E-state index contributed by atoms with van der Waals surface area (Å²) >= 11 is 2.33. The molecular formula is C20H29IO3. The number of ketones is 2. The minimum Gasteiger partial charge on any atom is -0.381 e. The van der Waals surface area contributed by atoms with Crippen molar-refractivity contribution in [2.75, 3.05) is 7.11 Å². The Balaban J connectivity index is 1.72. The summed E-state index contributed by atoms with van der Waals surface area (Å²) in [5.41, 5.74) is 0.542. The number of hydrogen-bond donors (Lipinski definition) is 0. The smallest absolute Gasteiger partial charge is 0.148 e. The zero-order valence-electron chi connectivity index (χ0n) is 15.1. The number of hydrogen-bond acceptors (Lipinski definition) is 3. The predicted octanol–water partition coefficient (Wildman–Crippen LogP) is 4.35. The highest BCUT2D eigenvalue weighted by atomic mass is 127. The minimum atomic E-state index is -0.309. The zero-order chi connectivity index (χ0) is 17.3. The van der Waals surface area contributed by atoms with E-state index in [1.54, 1.807) is 0 Å². The first-order valence-electron chi connectivity index (χ1n) is 9.54. The van der Waals surface area contributed by atoms with E-state index in [9.17, 15) is 9.59 Å². The van der Waals surface area contributed by atoms with Crippen molar-refractivity contribution in [3.63, 3.8) is 0 Å². The van der Waals surface area contributed by atoms with Gasteiger partial charge in [-0.2, -0.15) is 0 Å². The fraction of sp³-hybridized carbons (Fsp3) is 0.900. The van der Waals surface area contributed by atoms with Crippen LogP contribution in [0.5, 0.6) is 0 Å². The van der Waals surface area contributed by atoms with Gasteiger partial charge in [0.15, 0.2) is 0 Å². The number of rotatable bonds is 1. The molecule has 0 amide bonds. The fourth-order valence-corrected chi connectivity index (χ4v) is 7.47. The van der Waals surface area contributed by atoms with Crippen LogP contribution in [-0.4, -0.2) is 28.2 Å². The van der Waals surface area contributed by atoms with E-state index < -0.39 is 0 Å². The lowest BCUT2D eigenvalue weighted by Gasteiger charge is -2.53. The number of ether oxygens (including phenoxy) is 1. The van der Waals surface area contributed by atoms with Crippen molar-refractivity contribution in [2.24, 2.45) is 28.6 Å². The molecule has 0 aromatic carbocycles. The van der Waals surface area contributed by atoms with Crippen LogP contribution in [0.1, 0.15) is 65.2 Å². The van der Waals surface area contributed by atoms with Crippen molar-refractivity contribution < 1.29 is 14.3 Å². The summed E-state index contributed by atoms with van der Waals surface area (Å²) < 4.78 is 5.65. The Hall–Kier alpha value is 0.0300. The molecule has 134 valence electrons. The van der Waals surface area contributed by atoms with Crippen LogP contribution in [0.2, 0.25) is 0 Å². The van der Waals surface area contributed by atoms with Crippen LogP contribution in [0.25, 0.3) is 0 Å². The zero-order valence-corrected chi connectivity index (χ0v) is 17.2. The van der Waals surface area contributed by atoms with Crippen molar-refractivity contribution in [2.45, 2.75) is 74.7 Å². The molecule has 4 fully saturated rings. The quantitative estimate of drug-likeness (QED) is 0.446. The average Bonchev–Trinajstić information content (AvgIpc) is 3.19. The van der Waals surface area contributed by atoms with E-state index in [4.69, 9.17) is 4.74 Å². The molecule has 24 heavy (non-hydrogen) atoms. The maximum Gasteiger partial charge on any atom is 0.148 e. The molecule has 1 spiro atoms. The predicted molar refractivity (Wildman–Crippen MR) is 101 cm³/mol. The Morgan fingerprint density at radius 3 is 2.54 bits per heavy atom.